The van der Waals surface area contributed by atoms with Gasteiger partial charge in [0, 0.05) is 6.08 Å². The summed E-state index contributed by atoms with van der Waals surface area (Å²) in [6, 6.07) is 26.4. The Balaban J connectivity index is 1.04. The Kier molecular flexibility index (Phi) is 17.8. The molecule has 0 saturated heterocycles. The molecule has 71 heavy (non-hydrogen) atoms. The predicted molar refractivity (Wildman–Crippen MR) is 251 cm³/mol. The number of esters is 6. The first-order valence-electron chi connectivity index (χ1n) is 20.6. The van der Waals surface area contributed by atoms with Crippen molar-refractivity contribution < 1.29 is 76.3 Å². The molecule has 0 spiro atoms. The van der Waals surface area contributed by atoms with E-state index in [1.165, 1.54) is 109 Å². The minimum Gasteiger partial charge on any atom is -0.463 e. The quantitative estimate of drug-likeness (QED) is 0.0109. The maximum absolute atomic E-state index is 13.4. The molecule has 0 saturated carbocycles. The summed E-state index contributed by atoms with van der Waals surface area (Å²) < 4.78 is 42.5. The number of benzene rings is 5. The molecule has 0 fully saturated rings. The van der Waals surface area contributed by atoms with Gasteiger partial charge >= 0.3 is 42.0 Å². The first-order valence-corrected chi connectivity index (χ1v) is 22.2. The average Bonchev–Trinajstić information content (AvgIpc) is 3.82. The van der Waals surface area contributed by atoms with E-state index in [1.54, 1.807) is 0 Å². The summed E-state index contributed by atoms with van der Waals surface area (Å²) in [5, 5.41) is 9.60. The zero-order valence-electron chi connectivity index (χ0n) is 36.7. The molecular weight excluding hydrogens is 961 g/mol. The van der Waals surface area contributed by atoms with Crippen LogP contribution < -0.4 is 28.4 Å². The number of carbonyl (C=O) groups excluding carboxylic acids is 8. The standard InChI is InChI=1S/C51H34N2O16S2/c1-4-34(54)28-43(56)64-35-16-8-30(9-17-35)46(57)65-36-18-10-32(11-19-36)48(59)68-40-24-25-41(45-44(40)70-50(71-45)39(29-52)53-3)69-49(60)33-12-20-37(21-13-33)66-47(58)31-14-22-38(23-15-31)67-51(61)63-27-7-6-26-62-42(55)5-2/h4-5,8-25H,1-2,6-7,26-28H2/b50-39-. The molecule has 5 aromatic rings. The van der Waals surface area contributed by atoms with Gasteiger partial charge in [-0.25, -0.2) is 38.9 Å². The molecule has 0 aliphatic carbocycles. The maximum atomic E-state index is 13.4. The Bertz CT molecular complexity index is 3030. The van der Waals surface area contributed by atoms with Gasteiger partial charge in [0.1, 0.15) is 40.9 Å². The summed E-state index contributed by atoms with van der Waals surface area (Å²) in [7, 11) is 0. The normalized spacial score (nSPS) is 11.7. The monoisotopic (exact) mass is 994 g/mol. The molecule has 0 bridgehead atoms. The van der Waals surface area contributed by atoms with Crippen LogP contribution in [-0.4, -0.2) is 61.0 Å². The van der Waals surface area contributed by atoms with Crippen LogP contribution in [0, 0.1) is 17.9 Å². The van der Waals surface area contributed by atoms with E-state index in [-0.39, 0.29) is 89.7 Å². The van der Waals surface area contributed by atoms with Crippen molar-refractivity contribution in [2.75, 3.05) is 13.2 Å². The second-order valence-electron chi connectivity index (χ2n) is 14.0. The molecule has 0 N–H and O–H groups in total. The van der Waals surface area contributed by atoms with Crippen molar-refractivity contribution in [2.45, 2.75) is 29.1 Å². The highest BCUT2D eigenvalue weighted by Gasteiger charge is 2.31. The number of unbranched alkanes of at least 4 members (excludes halogenated alkanes) is 1. The van der Waals surface area contributed by atoms with Crippen molar-refractivity contribution in [1.29, 1.82) is 5.26 Å². The lowest BCUT2D eigenvalue weighted by atomic mass is 10.2. The lowest BCUT2D eigenvalue weighted by Crippen LogP contribution is -2.13. The molecule has 5 aromatic carbocycles. The van der Waals surface area contributed by atoms with Crippen molar-refractivity contribution in [2.24, 2.45) is 0 Å². The lowest BCUT2D eigenvalue weighted by molar-refractivity contribution is -0.138. The van der Waals surface area contributed by atoms with E-state index in [4.69, 9.17) is 44.5 Å². The van der Waals surface area contributed by atoms with E-state index in [1.807, 2.05) is 6.07 Å². The zero-order valence-corrected chi connectivity index (χ0v) is 38.4. The number of hydrogen-bond acceptors (Lipinski definition) is 19. The van der Waals surface area contributed by atoms with E-state index in [9.17, 15) is 43.6 Å². The lowest BCUT2D eigenvalue weighted by Gasteiger charge is -2.12. The number of ether oxygens (including phenoxy) is 8. The van der Waals surface area contributed by atoms with Crippen LogP contribution in [-0.2, 0) is 23.9 Å². The maximum Gasteiger partial charge on any atom is 0.513 e. The Morgan fingerprint density at radius 3 is 1.32 bits per heavy atom. The largest absolute Gasteiger partial charge is 0.513 e. The van der Waals surface area contributed by atoms with Gasteiger partial charge in [0.25, 0.3) is 5.70 Å². The third kappa shape index (κ3) is 14.4. The molecule has 356 valence electrons. The van der Waals surface area contributed by atoms with Crippen molar-refractivity contribution in [3.05, 3.63) is 178 Å². The molecule has 0 amide bonds. The molecule has 1 heterocycles. The molecule has 18 nitrogen and oxygen atoms in total. The Morgan fingerprint density at radius 1 is 0.535 bits per heavy atom. The summed E-state index contributed by atoms with van der Waals surface area (Å²) in [6.45, 7) is 14.2. The zero-order chi connectivity index (χ0) is 50.9. The Hall–Kier alpha value is -9.24. The fourth-order valence-corrected chi connectivity index (χ4v) is 8.16. The van der Waals surface area contributed by atoms with Gasteiger partial charge in [-0.2, -0.15) is 0 Å². The Labute approximate surface area is 412 Å². The second-order valence-corrected chi connectivity index (χ2v) is 16.3. The van der Waals surface area contributed by atoms with Gasteiger partial charge in [-0.15, -0.1) is 0 Å². The third-order valence-electron chi connectivity index (χ3n) is 9.18. The van der Waals surface area contributed by atoms with Gasteiger partial charge in [-0.1, -0.05) is 36.7 Å². The average molecular weight is 995 g/mol. The van der Waals surface area contributed by atoms with Crippen LogP contribution in [0.3, 0.4) is 0 Å². The fraction of sp³-hybridized carbons (Fsp3) is 0.0980. The van der Waals surface area contributed by atoms with Gasteiger partial charge < -0.3 is 37.9 Å². The SMILES string of the molecule is [C-]#[N+]/C(C#N)=C1/Sc2c(OC(=O)c3ccc(OC(=O)c4ccc(OC(=O)CC(=O)C=C)cc4)cc3)ccc(OC(=O)c3ccc(OC(=O)c4ccc(OC(=O)OCCCCOC(=O)C=C)cc4)cc3)c2S1. The summed E-state index contributed by atoms with van der Waals surface area (Å²) in [5.41, 5.74) is 0.123. The minimum absolute atomic E-state index is 0.0290. The summed E-state index contributed by atoms with van der Waals surface area (Å²) in [4.78, 5) is 102. The topological polar surface area (TPSA) is 239 Å². The molecule has 0 atom stereocenters. The number of nitriles is 1. The number of carbonyl (C=O) groups is 8. The molecule has 1 aliphatic rings. The van der Waals surface area contributed by atoms with Gasteiger partial charge in [0.2, 0.25) is 0 Å². The van der Waals surface area contributed by atoms with Gasteiger partial charge in [0.15, 0.2) is 5.78 Å². The smallest absolute Gasteiger partial charge is 0.463 e. The van der Waals surface area contributed by atoms with Crippen LogP contribution in [0.4, 0.5) is 4.79 Å². The molecule has 0 radical (unpaired) electrons. The van der Waals surface area contributed by atoms with E-state index >= 15 is 0 Å². The third-order valence-corrected chi connectivity index (χ3v) is 11.8. The molecule has 20 heteroatoms. The van der Waals surface area contributed by atoms with Crippen molar-refractivity contribution in [3.8, 4) is 40.6 Å². The van der Waals surface area contributed by atoms with Crippen molar-refractivity contribution in [3.63, 3.8) is 0 Å². The first kappa shape index (κ1) is 51.2. The number of thioether (sulfide) groups is 2. The highest BCUT2D eigenvalue weighted by Crippen LogP contribution is 2.59. The molecular formula is C51H34N2O16S2. The van der Waals surface area contributed by atoms with Crippen LogP contribution >= 0.6 is 23.5 Å². The van der Waals surface area contributed by atoms with Crippen LogP contribution in [0.2, 0.25) is 0 Å². The molecule has 6 rings (SSSR count). The van der Waals surface area contributed by atoms with Gasteiger partial charge in [0.05, 0.1) is 62.1 Å². The fourth-order valence-electron chi connectivity index (χ4n) is 5.68. The van der Waals surface area contributed by atoms with Crippen LogP contribution in [0.15, 0.2) is 154 Å². The van der Waals surface area contributed by atoms with Gasteiger partial charge in [-0.3, -0.25) is 9.59 Å². The number of fused-ring (bicyclic) bond motifs is 1. The highest BCUT2D eigenvalue weighted by molar-refractivity contribution is 8.24. The van der Waals surface area contributed by atoms with Gasteiger partial charge in [-0.05, 0) is 128 Å². The van der Waals surface area contributed by atoms with Crippen LogP contribution in [0.5, 0.6) is 34.5 Å². The number of rotatable bonds is 19. The van der Waals surface area contributed by atoms with Crippen LogP contribution in [0.1, 0.15) is 60.7 Å². The highest BCUT2D eigenvalue weighted by atomic mass is 32.2. The first-order chi connectivity index (χ1) is 34.3. The number of allylic oxidation sites excluding steroid dienone is 2. The van der Waals surface area contributed by atoms with Crippen molar-refractivity contribution >= 4 is 71.3 Å². The summed E-state index contributed by atoms with van der Waals surface area (Å²) in [5.74, 6) is -4.53. The predicted octanol–water partition coefficient (Wildman–Crippen LogP) is 9.45. The summed E-state index contributed by atoms with van der Waals surface area (Å²) in [6.07, 6.45) is 1.50. The molecule has 0 aromatic heterocycles. The van der Waals surface area contributed by atoms with E-state index in [2.05, 4.69) is 18.0 Å². The number of ketones is 1. The summed E-state index contributed by atoms with van der Waals surface area (Å²) >= 11 is 1.94. The second kappa shape index (κ2) is 24.7. The molecule has 0 unspecified atom stereocenters. The van der Waals surface area contributed by atoms with E-state index in [0.717, 1.165) is 35.7 Å². The number of nitrogens with zero attached hydrogens (tertiary/aromatic N) is 2. The van der Waals surface area contributed by atoms with Crippen LogP contribution in [0.25, 0.3) is 4.85 Å². The molecule has 1 aliphatic heterocycles. The van der Waals surface area contributed by atoms with E-state index < -0.39 is 54.2 Å². The van der Waals surface area contributed by atoms with Crippen molar-refractivity contribution in [1.82, 2.24) is 0 Å². The van der Waals surface area contributed by atoms with E-state index in [0.29, 0.717) is 12.8 Å². The number of hydrogen-bond donors (Lipinski definition) is 0. The Morgan fingerprint density at radius 2 is 0.930 bits per heavy atom. The minimum atomic E-state index is -0.963.